The summed E-state index contributed by atoms with van der Waals surface area (Å²) in [7, 11) is 0. The van der Waals surface area contributed by atoms with Crippen LogP contribution >= 0.6 is 0 Å². The molecule has 0 spiro atoms. The van der Waals surface area contributed by atoms with Gasteiger partial charge in [0.1, 0.15) is 11.4 Å². The first-order valence-corrected chi connectivity index (χ1v) is 6.51. The van der Waals surface area contributed by atoms with Crippen LogP contribution in [0.1, 0.15) is 19.4 Å². The summed E-state index contributed by atoms with van der Waals surface area (Å²) in [6, 6.07) is 1.89. The Morgan fingerprint density at radius 2 is 2.38 bits per heavy atom. The van der Waals surface area contributed by atoms with Gasteiger partial charge in [0.25, 0.3) is 0 Å². The van der Waals surface area contributed by atoms with Crippen molar-refractivity contribution in [2.45, 2.75) is 26.4 Å². The van der Waals surface area contributed by atoms with Crippen LogP contribution in [-0.2, 0) is 11.2 Å². The predicted molar refractivity (Wildman–Crippen MR) is 79.4 cm³/mol. The third kappa shape index (κ3) is 3.39. The van der Waals surface area contributed by atoms with Crippen LogP contribution in [0, 0.1) is 6.57 Å². The van der Waals surface area contributed by atoms with E-state index in [2.05, 4.69) is 14.8 Å². The zero-order valence-electron chi connectivity index (χ0n) is 11.9. The van der Waals surface area contributed by atoms with Gasteiger partial charge in [-0.05, 0) is 31.9 Å². The molecule has 2 heterocycles. The quantitative estimate of drug-likeness (QED) is 0.652. The predicted octanol–water partition coefficient (Wildman–Crippen LogP) is 2.18. The number of amides is 1. The molecule has 21 heavy (non-hydrogen) atoms. The summed E-state index contributed by atoms with van der Waals surface area (Å²) in [4.78, 5) is 21.5. The Hall–Kier alpha value is -2.81. The fourth-order valence-electron chi connectivity index (χ4n) is 1.95. The number of hydrogen-bond donors (Lipinski definition) is 2. The molecule has 1 amide bonds. The van der Waals surface area contributed by atoms with Gasteiger partial charge in [0, 0.05) is 11.6 Å². The number of primary amides is 1. The molecule has 0 unspecified atom stereocenters. The number of rotatable bonds is 5. The van der Waals surface area contributed by atoms with E-state index in [1.54, 1.807) is 12.4 Å². The van der Waals surface area contributed by atoms with Crippen LogP contribution in [0.15, 0.2) is 30.2 Å². The number of nitrogens with zero attached hydrogens (tertiary/aromatic N) is 2. The third-order valence-corrected chi connectivity index (χ3v) is 2.85. The minimum atomic E-state index is -0.716. The number of allylic oxidation sites excluding steroid dienone is 1. The summed E-state index contributed by atoms with van der Waals surface area (Å²) >= 11 is 0. The summed E-state index contributed by atoms with van der Waals surface area (Å²) in [5, 5.41) is 0.901. The Balaban J connectivity index is 2.32. The minimum absolute atomic E-state index is 0.0631. The normalized spacial score (nSPS) is 11.6. The summed E-state index contributed by atoms with van der Waals surface area (Å²) in [6.45, 7) is 10.8. The largest absolute Gasteiger partial charge is 0.489 e. The number of nitrogens with one attached hydrogen (secondary N) is 1. The van der Waals surface area contributed by atoms with Crippen molar-refractivity contribution in [3.05, 3.63) is 47.2 Å². The molecule has 108 valence electrons. The van der Waals surface area contributed by atoms with Crippen molar-refractivity contribution in [3.63, 3.8) is 0 Å². The topological polar surface area (TPSA) is 85.4 Å². The minimum Gasteiger partial charge on any atom is -0.489 e. The molecule has 0 aromatic carbocycles. The smallest absolute Gasteiger partial charge is 0.247 e. The molecule has 0 saturated heterocycles. The Morgan fingerprint density at radius 3 is 3.00 bits per heavy atom. The summed E-state index contributed by atoms with van der Waals surface area (Å²) in [5.41, 5.74) is 6.71. The van der Waals surface area contributed by atoms with Crippen molar-refractivity contribution in [3.8, 4) is 5.75 Å². The monoisotopic (exact) mass is 284 g/mol. The molecular weight excluding hydrogens is 268 g/mol. The Labute approximate surface area is 122 Å². The van der Waals surface area contributed by atoms with Gasteiger partial charge >= 0.3 is 0 Å². The second-order valence-electron chi connectivity index (χ2n) is 4.82. The van der Waals surface area contributed by atoms with Gasteiger partial charge in [-0.2, -0.15) is 0 Å². The Bertz CT molecular complexity index is 738. The first-order chi connectivity index (χ1) is 10.0. The van der Waals surface area contributed by atoms with Gasteiger partial charge < -0.3 is 15.5 Å². The SMILES string of the molecule is [C-]#[N+]/C(=C\Cc1c[nH]c2ncc(OC(C)C)cc12)C(N)=O. The van der Waals surface area contributed by atoms with Crippen molar-refractivity contribution in [1.29, 1.82) is 0 Å². The van der Waals surface area contributed by atoms with Gasteiger partial charge in [-0.15, -0.1) is 0 Å². The molecule has 2 rings (SSSR count). The maximum Gasteiger partial charge on any atom is 0.247 e. The molecule has 3 N–H and O–H groups in total. The third-order valence-electron chi connectivity index (χ3n) is 2.85. The molecule has 0 aliphatic heterocycles. The number of aromatic nitrogens is 2. The van der Waals surface area contributed by atoms with E-state index in [0.717, 1.165) is 16.6 Å². The van der Waals surface area contributed by atoms with E-state index in [1.807, 2.05) is 19.9 Å². The maximum atomic E-state index is 11.0. The lowest BCUT2D eigenvalue weighted by Crippen LogP contribution is -2.11. The number of hydrogen-bond acceptors (Lipinski definition) is 3. The first-order valence-electron chi connectivity index (χ1n) is 6.51. The number of nitrogens with two attached hydrogens (primary N) is 1. The maximum absolute atomic E-state index is 11.0. The highest BCUT2D eigenvalue weighted by atomic mass is 16.5. The van der Waals surface area contributed by atoms with Gasteiger partial charge in [-0.25, -0.2) is 9.83 Å². The average molecular weight is 284 g/mol. The van der Waals surface area contributed by atoms with Crippen LogP contribution in [0.2, 0.25) is 0 Å². The molecular formula is C15H16N4O2. The molecule has 0 aliphatic carbocycles. The van der Waals surface area contributed by atoms with E-state index in [4.69, 9.17) is 17.0 Å². The molecule has 0 bridgehead atoms. The van der Waals surface area contributed by atoms with E-state index in [0.29, 0.717) is 12.2 Å². The zero-order chi connectivity index (χ0) is 15.4. The number of carbonyl (C=O) groups excluding carboxylic acids is 1. The molecule has 6 heteroatoms. The molecule has 6 nitrogen and oxygen atoms in total. The number of ether oxygens (including phenoxy) is 1. The lowest BCUT2D eigenvalue weighted by atomic mass is 10.1. The summed E-state index contributed by atoms with van der Waals surface area (Å²) in [6.07, 6.45) is 5.47. The van der Waals surface area contributed by atoms with Crippen LogP contribution in [-0.4, -0.2) is 22.0 Å². The van der Waals surface area contributed by atoms with Crippen LogP contribution < -0.4 is 10.5 Å². The number of fused-ring (bicyclic) bond motifs is 1. The van der Waals surface area contributed by atoms with Gasteiger partial charge in [-0.1, -0.05) is 6.08 Å². The first kappa shape index (κ1) is 14.6. The van der Waals surface area contributed by atoms with E-state index in [1.165, 1.54) is 6.08 Å². The molecule has 0 atom stereocenters. The number of aromatic amines is 1. The lowest BCUT2D eigenvalue weighted by Gasteiger charge is -2.09. The molecule has 0 aliphatic rings. The van der Waals surface area contributed by atoms with Gasteiger partial charge in [-0.3, -0.25) is 4.79 Å². The summed E-state index contributed by atoms with van der Waals surface area (Å²) in [5.74, 6) is -0.0329. The number of carbonyl (C=O) groups is 1. The van der Waals surface area contributed by atoms with Crippen molar-refractivity contribution in [2.75, 3.05) is 0 Å². The van der Waals surface area contributed by atoms with Crippen LogP contribution in [0.5, 0.6) is 5.75 Å². The zero-order valence-corrected chi connectivity index (χ0v) is 11.9. The van der Waals surface area contributed by atoms with Crippen molar-refractivity contribution in [1.82, 2.24) is 9.97 Å². The van der Waals surface area contributed by atoms with Gasteiger partial charge in [0.05, 0.1) is 18.9 Å². The number of pyridine rings is 1. The van der Waals surface area contributed by atoms with Crippen LogP contribution in [0.25, 0.3) is 15.9 Å². The van der Waals surface area contributed by atoms with Crippen molar-refractivity contribution >= 4 is 16.9 Å². The lowest BCUT2D eigenvalue weighted by molar-refractivity contribution is -0.114. The van der Waals surface area contributed by atoms with E-state index < -0.39 is 5.91 Å². The van der Waals surface area contributed by atoms with Gasteiger partial charge in [0.15, 0.2) is 0 Å². The van der Waals surface area contributed by atoms with Crippen molar-refractivity contribution < 1.29 is 9.53 Å². The van der Waals surface area contributed by atoms with E-state index in [9.17, 15) is 4.79 Å². The fourth-order valence-corrected chi connectivity index (χ4v) is 1.95. The van der Waals surface area contributed by atoms with Gasteiger partial charge in [0.2, 0.25) is 11.6 Å². The highest BCUT2D eigenvalue weighted by Crippen LogP contribution is 2.23. The van der Waals surface area contributed by atoms with Crippen LogP contribution in [0.4, 0.5) is 0 Å². The molecule has 2 aromatic heterocycles. The molecule has 0 saturated carbocycles. The molecule has 0 radical (unpaired) electrons. The number of H-pyrrole nitrogens is 1. The standard InChI is InChI=1S/C15H16N4O2/c1-9(2)21-11-6-12-10(7-18-15(12)19-8-11)4-5-13(17-3)14(16)20/h5-9H,4H2,1-2H3,(H2,16,20)(H,18,19)/b13-5-. The Kier molecular flexibility index (Phi) is 4.24. The summed E-state index contributed by atoms with van der Waals surface area (Å²) < 4.78 is 5.62. The molecule has 2 aromatic rings. The Morgan fingerprint density at radius 1 is 1.62 bits per heavy atom. The fraction of sp³-hybridized carbons (Fsp3) is 0.267. The average Bonchev–Trinajstić information content (AvgIpc) is 2.81. The van der Waals surface area contributed by atoms with E-state index in [-0.39, 0.29) is 11.8 Å². The second kappa shape index (κ2) is 6.09. The van der Waals surface area contributed by atoms with Crippen LogP contribution in [0.3, 0.4) is 0 Å². The second-order valence-corrected chi connectivity index (χ2v) is 4.82. The highest BCUT2D eigenvalue weighted by Gasteiger charge is 2.09. The van der Waals surface area contributed by atoms with Crippen molar-refractivity contribution in [2.24, 2.45) is 5.73 Å². The van der Waals surface area contributed by atoms with E-state index >= 15 is 0 Å². The molecule has 0 fully saturated rings. The highest BCUT2D eigenvalue weighted by molar-refractivity contribution is 5.93.